The van der Waals surface area contributed by atoms with E-state index in [4.69, 9.17) is 4.74 Å². The highest BCUT2D eigenvalue weighted by Gasteiger charge is 1.99. The van der Waals surface area contributed by atoms with Crippen molar-refractivity contribution in [2.45, 2.75) is 32.9 Å². The standard InChI is InChI=1S/C10H20N4O/c1-3-4-6-14-9-10(12-13-14)8-11-5-7-15-2/h9,11H,3-8H2,1-2H3. The average Bonchev–Trinajstić information content (AvgIpc) is 2.69. The maximum absolute atomic E-state index is 4.93. The van der Waals surface area contributed by atoms with Crippen LogP contribution < -0.4 is 5.32 Å². The molecular formula is C10H20N4O. The largest absolute Gasteiger partial charge is 0.383 e. The monoisotopic (exact) mass is 212 g/mol. The number of hydrogen-bond donors (Lipinski definition) is 1. The fourth-order valence-electron chi connectivity index (χ4n) is 1.24. The fraction of sp³-hybridized carbons (Fsp3) is 0.800. The van der Waals surface area contributed by atoms with Gasteiger partial charge in [-0.25, -0.2) is 0 Å². The van der Waals surface area contributed by atoms with Crippen molar-refractivity contribution in [2.75, 3.05) is 20.3 Å². The quantitative estimate of drug-likeness (QED) is 0.648. The van der Waals surface area contributed by atoms with E-state index in [1.807, 2.05) is 10.9 Å². The van der Waals surface area contributed by atoms with Crippen molar-refractivity contribution in [1.29, 1.82) is 0 Å². The number of rotatable bonds is 8. The molecule has 1 aromatic heterocycles. The molecule has 0 saturated carbocycles. The van der Waals surface area contributed by atoms with Gasteiger partial charge in [-0.2, -0.15) is 0 Å². The van der Waals surface area contributed by atoms with Gasteiger partial charge in [-0.05, 0) is 6.42 Å². The highest BCUT2D eigenvalue weighted by atomic mass is 16.5. The Kier molecular flexibility index (Phi) is 5.96. The lowest BCUT2D eigenvalue weighted by Gasteiger charge is -1.99. The van der Waals surface area contributed by atoms with E-state index in [0.717, 1.165) is 38.4 Å². The third kappa shape index (κ3) is 4.90. The molecule has 0 unspecified atom stereocenters. The number of hydrogen-bond acceptors (Lipinski definition) is 4. The highest BCUT2D eigenvalue weighted by molar-refractivity contribution is 4.91. The molecular weight excluding hydrogens is 192 g/mol. The summed E-state index contributed by atoms with van der Waals surface area (Å²) in [5, 5.41) is 11.4. The third-order valence-corrected chi connectivity index (χ3v) is 2.12. The minimum absolute atomic E-state index is 0.726. The predicted octanol–water partition coefficient (Wildman–Crippen LogP) is 0.814. The van der Waals surface area contributed by atoms with E-state index in [1.54, 1.807) is 7.11 Å². The molecule has 5 nitrogen and oxygen atoms in total. The zero-order valence-electron chi connectivity index (χ0n) is 9.57. The second kappa shape index (κ2) is 7.36. The van der Waals surface area contributed by atoms with Crippen LogP contribution in [0, 0.1) is 0 Å². The van der Waals surface area contributed by atoms with Gasteiger partial charge in [0.25, 0.3) is 0 Å². The molecule has 0 fully saturated rings. The second-order valence-corrected chi connectivity index (χ2v) is 3.50. The van der Waals surface area contributed by atoms with Gasteiger partial charge < -0.3 is 10.1 Å². The Hall–Kier alpha value is -0.940. The summed E-state index contributed by atoms with van der Waals surface area (Å²) >= 11 is 0. The molecule has 0 saturated heterocycles. The van der Waals surface area contributed by atoms with Crippen LogP contribution in [0.1, 0.15) is 25.5 Å². The third-order valence-electron chi connectivity index (χ3n) is 2.12. The normalized spacial score (nSPS) is 10.8. The van der Waals surface area contributed by atoms with Crippen LogP contribution >= 0.6 is 0 Å². The van der Waals surface area contributed by atoms with E-state index in [-0.39, 0.29) is 0 Å². The molecule has 0 aromatic carbocycles. The van der Waals surface area contributed by atoms with Crippen LogP contribution in [-0.4, -0.2) is 35.3 Å². The van der Waals surface area contributed by atoms with Crippen molar-refractivity contribution < 1.29 is 4.74 Å². The smallest absolute Gasteiger partial charge is 0.0964 e. The van der Waals surface area contributed by atoms with Crippen LogP contribution in [0.5, 0.6) is 0 Å². The van der Waals surface area contributed by atoms with Crippen molar-refractivity contribution in [1.82, 2.24) is 20.3 Å². The fourth-order valence-corrected chi connectivity index (χ4v) is 1.24. The topological polar surface area (TPSA) is 52.0 Å². The van der Waals surface area contributed by atoms with Gasteiger partial charge in [-0.3, -0.25) is 4.68 Å². The summed E-state index contributed by atoms with van der Waals surface area (Å²) in [6.07, 6.45) is 4.33. The van der Waals surface area contributed by atoms with Gasteiger partial charge in [-0.15, -0.1) is 5.10 Å². The summed E-state index contributed by atoms with van der Waals surface area (Å²) < 4.78 is 6.83. The van der Waals surface area contributed by atoms with E-state index in [2.05, 4.69) is 22.6 Å². The first-order valence-electron chi connectivity index (χ1n) is 5.45. The molecule has 0 aliphatic carbocycles. The van der Waals surface area contributed by atoms with E-state index in [9.17, 15) is 0 Å². The van der Waals surface area contributed by atoms with Crippen LogP contribution in [0.15, 0.2) is 6.20 Å². The van der Waals surface area contributed by atoms with E-state index in [0.29, 0.717) is 0 Å². The summed E-state index contributed by atoms with van der Waals surface area (Å²) in [4.78, 5) is 0. The molecule has 0 amide bonds. The maximum Gasteiger partial charge on any atom is 0.0964 e. The molecule has 0 spiro atoms. The number of nitrogens with zero attached hydrogens (tertiary/aromatic N) is 3. The number of aromatic nitrogens is 3. The first kappa shape index (κ1) is 12.1. The van der Waals surface area contributed by atoms with Crippen LogP contribution in [-0.2, 0) is 17.8 Å². The maximum atomic E-state index is 4.93. The first-order valence-corrected chi connectivity index (χ1v) is 5.45. The summed E-state index contributed by atoms with van der Waals surface area (Å²) in [5.74, 6) is 0. The van der Waals surface area contributed by atoms with E-state index >= 15 is 0 Å². The van der Waals surface area contributed by atoms with Gasteiger partial charge in [0, 0.05) is 32.9 Å². The van der Waals surface area contributed by atoms with Crippen molar-refractivity contribution in [3.63, 3.8) is 0 Å². The van der Waals surface area contributed by atoms with Gasteiger partial charge in [0.2, 0.25) is 0 Å². The lowest BCUT2D eigenvalue weighted by atomic mass is 10.3. The van der Waals surface area contributed by atoms with Crippen LogP contribution in [0.4, 0.5) is 0 Å². The summed E-state index contributed by atoms with van der Waals surface area (Å²) in [6.45, 7) is 5.46. The molecule has 1 rings (SSSR count). The Labute approximate surface area is 90.8 Å². The second-order valence-electron chi connectivity index (χ2n) is 3.50. The van der Waals surface area contributed by atoms with Crippen molar-refractivity contribution in [3.05, 3.63) is 11.9 Å². The molecule has 0 atom stereocenters. The lowest BCUT2D eigenvalue weighted by molar-refractivity contribution is 0.199. The van der Waals surface area contributed by atoms with Crippen LogP contribution in [0.25, 0.3) is 0 Å². The molecule has 5 heteroatoms. The lowest BCUT2D eigenvalue weighted by Crippen LogP contribution is -2.18. The van der Waals surface area contributed by atoms with Gasteiger partial charge in [-0.1, -0.05) is 18.6 Å². The Morgan fingerprint density at radius 1 is 1.53 bits per heavy atom. The molecule has 0 aliphatic rings. The number of nitrogens with one attached hydrogen (secondary N) is 1. The predicted molar refractivity (Wildman–Crippen MR) is 58.5 cm³/mol. The average molecular weight is 212 g/mol. The van der Waals surface area contributed by atoms with Gasteiger partial charge in [0.15, 0.2) is 0 Å². The SMILES string of the molecule is CCCCn1cc(CNCCOC)nn1. The molecule has 0 bridgehead atoms. The number of methoxy groups -OCH3 is 1. The zero-order valence-corrected chi connectivity index (χ0v) is 9.57. The Morgan fingerprint density at radius 2 is 2.40 bits per heavy atom. The Morgan fingerprint density at radius 3 is 3.13 bits per heavy atom. The van der Waals surface area contributed by atoms with Gasteiger partial charge in [0.05, 0.1) is 12.3 Å². The first-order chi connectivity index (χ1) is 7.36. The molecule has 1 aromatic rings. The molecule has 0 radical (unpaired) electrons. The van der Waals surface area contributed by atoms with Gasteiger partial charge >= 0.3 is 0 Å². The number of ether oxygens (including phenoxy) is 1. The molecule has 0 aliphatic heterocycles. The summed E-state index contributed by atoms with van der Waals surface area (Å²) in [5.41, 5.74) is 0.988. The molecule has 15 heavy (non-hydrogen) atoms. The molecule has 1 heterocycles. The summed E-state index contributed by atoms with van der Waals surface area (Å²) in [7, 11) is 1.70. The minimum atomic E-state index is 0.726. The Bertz CT molecular complexity index is 262. The molecule has 86 valence electrons. The summed E-state index contributed by atoms with van der Waals surface area (Å²) in [6, 6.07) is 0. The zero-order chi connectivity index (χ0) is 10.9. The van der Waals surface area contributed by atoms with Crippen LogP contribution in [0.2, 0.25) is 0 Å². The number of aryl methyl sites for hydroxylation is 1. The molecule has 1 N–H and O–H groups in total. The minimum Gasteiger partial charge on any atom is -0.383 e. The van der Waals surface area contributed by atoms with Crippen LogP contribution in [0.3, 0.4) is 0 Å². The van der Waals surface area contributed by atoms with E-state index < -0.39 is 0 Å². The van der Waals surface area contributed by atoms with E-state index in [1.165, 1.54) is 6.42 Å². The number of unbranched alkanes of at least 4 members (excludes halogenated alkanes) is 1. The van der Waals surface area contributed by atoms with Gasteiger partial charge in [0.1, 0.15) is 0 Å². The highest BCUT2D eigenvalue weighted by Crippen LogP contribution is 1.96. The Balaban J connectivity index is 2.20. The van der Waals surface area contributed by atoms with Crippen molar-refractivity contribution in [2.24, 2.45) is 0 Å². The van der Waals surface area contributed by atoms with Crippen molar-refractivity contribution >= 4 is 0 Å². The van der Waals surface area contributed by atoms with Crippen molar-refractivity contribution in [3.8, 4) is 0 Å².